The van der Waals surface area contributed by atoms with Crippen molar-refractivity contribution in [1.29, 1.82) is 0 Å². The summed E-state index contributed by atoms with van der Waals surface area (Å²) in [6.45, 7) is 3.65. The van der Waals surface area contributed by atoms with Crippen molar-refractivity contribution < 1.29 is 0 Å². The molecule has 1 heterocycles. The highest BCUT2D eigenvalue weighted by molar-refractivity contribution is 7.80. The maximum absolute atomic E-state index is 4.05. The van der Waals surface area contributed by atoms with E-state index < -0.39 is 0 Å². The maximum Gasteiger partial charge on any atom is 0.129 e. The third kappa shape index (κ3) is 1.20. The summed E-state index contributed by atoms with van der Waals surface area (Å²) in [6.07, 6.45) is 0. The quantitative estimate of drug-likeness (QED) is 0.603. The minimum absolute atomic E-state index is 0.0255. The summed E-state index contributed by atoms with van der Waals surface area (Å²) < 4.78 is 0. The minimum Gasteiger partial charge on any atom is -0.168 e. The predicted molar refractivity (Wildman–Crippen MR) is 37.0 cm³/mol. The van der Waals surface area contributed by atoms with E-state index in [9.17, 15) is 0 Å². The van der Waals surface area contributed by atoms with Crippen molar-refractivity contribution in [3.8, 4) is 0 Å². The first kappa shape index (κ1) is 6.04. The van der Waals surface area contributed by atoms with Crippen LogP contribution in [0.1, 0.15) is 10.3 Å². The fourth-order valence-corrected chi connectivity index (χ4v) is 1.01. The van der Waals surface area contributed by atoms with Crippen molar-refractivity contribution in [2.75, 3.05) is 0 Å². The van der Waals surface area contributed by atoms with Crippen LogP contribution in [-0.4, -0.2) is 10.2 Å². The lowest BCUT2D eigenvalue weighted by molar-refractivity contribution is 1.01. The summed E-state index contributed by atoms with van der Waals surface area (Å²) in [4.78, 5) is 0. The van der Waals surface area contributed by atoms with E-state index in [1.807, 2.05) is 0 Å². The molecule has 0 amide bonds. The van der Waals surface area contributed by atoms with Crippen molar-refractivity contribution in [2.24, 2.45) is 0 Å². The highest BCUT2D eigenvalue weighted by Gasteiger charge is 2.00. The van der Waals surface area contributed by atoms with Gasteiger partial charge in [0.05, 0.1) is 5.25 Å². The fraction of sp³-hybridized carbons (Fsp3) is 0.250. The Labute approximate surface area is 57.4 Å². The topological polar surface area (TPSA) is 25.8 Å². The summed E-state index contributed by atoms with van der Waals surface area (Å²) in [5, 5.41) is 8.21. The van der Waals surface area contributed by atoms with E-state index in [0.29, 0.717) is 0 Å². The van der Waals surface area contributed by atoms with Crippen LogP contribution >= 0.6 is 24.0 Å². The largest absolute Gasteiger partial charge is 0.168 e. The molecule has 8 heavy (non-hydrogen) atoms. The smallest absolute Gasteiger partial charge is 0.129 e. The Kier molecular flexibility index (Phi) is 1.85. The molecule has 0 aromatic carbocycles. The molecule has 0 bridgehead atoms. The average Bonchev–Trinajstić information content (AvgIpc) is 2.12. The van der Waals surface area contributed by atoms with Gasteiger partial charge in [0.2, 0.25) is 0 Å². The summed E-state index contributed by atoms with van der Waals surface area (Å²) in [5.74, 6) is 0. The van der Waals surface area contributed by atoms with Gasteiger partial charge in [0.1, 0.15) is 10.5 Å². The highest BCUT2D eigenvalue weighted by Crippen LogP contribution is 2.18. The van der Waals surface area contributed by atoms with Gasteiger partial charge >= 0.3 is 0 Å². The molecule has 0 spiro atoms. The summed E-state index contributed by atoms with van der Waals surface area (Å²) in [6, 6.07) is 0. The Bertz CT molecular complexity index is 147. The van der Waals surface area contributed by atoms with Gasteiger partial charge in [-0.2, -0.15) is 12.6 Å². The Morgan fingerprint density at radius 2 is 2.62 bits per heavy atom. The Hall–Kier alpha value is -0.0900. The van der Waals surface area contributed by atoms with Crippen LogP contribution in [0, 0.1) is 6.92 Å². The number of rotatable bonds is 1. The lowest BCUT2D eigenvalue weighted by Gasteiger charge is -1.91. The van der Waals surface area contributed by atoms with Crippen LogP contribution in [0.5, 0.6) is 0 Å². The van der Waals surface area contributed by atoms with E-state index in [-0.39, 0.29) is 5.25 Å². The molecule has 1 aromatic heterocycles. The normalized spacial score (nSPS) is 13.8. The molecule has 1 aromatic rings. The maximum atomic E-state index is 4.05. The van der Waals surface area contributed by atoms with E-state index >= 15 is 0 Å². The number of aromatic nitrogens is 2. The molecule has 4 heteroatoms. The highest BCUT2D eigenvalue weighted by atomic mass is 32.1. The summed E-state index contributed by atoms with van der Waals surface area (Å²) in [7, 11) is 0. The van der Waals surface area contributed by atoms with Crippen LogP contribution < -0.4 is 0 Å². The zero-order valence-corrected chi connectivity index (χ0v) is 5.82. The summed E-state index contributed by atoms with van der Waals surface area (Å²) in [5.41, 5.74) is 1.67. The second-order valence-electron chi connectivity index (χ2n) is 1.29. The van der Waals surface area contributed by atoms with Crippen LogP contribution in [-0.2, 0) is 0 Å². The standard InChI is InChI=1S/C4H5N2S2/c1-3(7)4-6-5-2-8-4/h2-3,7H,1H2. The van der Waals surface area contributed by atoms with Crippen molar-refractivity contribution in [3.05, 3.63) is 17.4 Å². The molecule has 0 saturated carbocycles. The molecule has 1 atom stereocenters. The van der Waals surface area contributed by atoms with Gasteiger partial charge in [-0.05, 0) is 6.92 Å². The first-order valence-electron chi connectivity index (χ1n) is 2.08. The molecule has 1 radical (unpaired) electrons. The van der Waals surface area contributed by atoms with E-state index in [1.165, 1.54) is 11.3 Å². The molecular formula is C4H5N2S2. The molecular weight excluding hydrogens is 140 g/mol. The lowest BCUT2D eigenvalue weighted by atomic mass is 10.5. The number of hydrogen-bond acceptors (Lipinski definition) is 4. The van der Waals surface area contributed by atoms with Crippen LogP contribution in [0.2, 0.25) is 0 Å². The first-order chi connectivity index (χ1) is 3.80. The third-order valence-corrected chi connectivity index (χ3v) is 1.89. The average molecular weight is 145 g/mol. The van der Waals surface area contributed by atoms with Crippen molar-refractivity contribution >= 4 is 24.0 Å². The van der Waals surface area contributed by atoms with Gasteiger partial charge in [-0.15, -0.1) is 21.5 Å². The zero-order valence-electron chi connectivity index (χ0n) is 4.11. The van der Waals surface area contributed by atoms with Gasteiger partial charge in [0.15, 0.2) is 0 Å². The molecule has 0 aliphatic rings. The number of nitrogens with zero attached hydrogens (tertiary/aromatic N) is 2. The molecule has 1 rings (SSSR count). The minimum atomic E-state index is -0.0255. The first-order valence-corrected chi connectivity index (χ1v) is 3.47. The second kappa shape index (κ2) is 2.46. The Morgan fingerprint density at radius 1 is 1.88 bits per heavy atom. The van der Waals surface area contributed by atoms with Crippen molar-refractivity contribution in [1.82, 2.24) is 10.2 Å². The van der Waals surface area contributed by atoms with Gasteiger partial charge in [0, 0.05) is 0 Å². The van der Waals surface area contributed by atoms with Gasteiger partial charge in [-0.25, -0.2) is 0 Å². The Morgan fingerprint density at radius 3 is 2.88 bits per heavy atom. The van der Waals surface area contributed by atoms with E-state index in [0.717, 1.165) is 5.01 Å². The molecule has 43 valence electrons. The van der Waals surface area contributed by atoms with Gasteiger partial charge in [-0.3, -0.25) is 0 Å². The van der Waals surface area contributed by atoms with Gasteiger partial charge in [0.25, 0.3) is 0 Å². The zero-order chi connectivity index (χ0) is 5.98. The van der Waals surface area contributed by atoms with Crippen LogP contribution in [0.3, 0.4) is 0 Å². The fourth-order valence-electron chi connectivity index (χ4n) is 0.327. The molecule has 0 fully saturated rings. The summed E-state index contributed by atoms with van der Waals surface area (Å²) >= 11 is 5.52. The predicted octanol–water partition coefficient (Wildman–Crippen LogP) is 1.34. The van der Waals surface area contributed by atoms with Gasteiger partial charge in [-0.1, -0.05) is 0 Å². The monoisotopic (exact) mass is 145 g/mol. The molecule has 0 N–H and O–H groups in total. The molecule has 0 aliphatic heterocycles. The van der Waals surface area contributed by atoms with E-state index in [2.05, 4.69) is 29.7 Å². The van der Waals surface area contributed by atoms with Crippen LogP contribution in [0.15, 0.2) is 5.51 Å². The third-order valence-electron chi connectivity index (χ3n) is 0.662. The number of hydrogen-bond donors (Lipinski definition) is 1. The molecule has 1 unspecified atom stereocenters. The van der Waals surface area contributed by atoms with Crippen molar-refractivity contribution in [3.63, 3.8) is 0 Å². The Balaban J connectivity index is 2.77. The number of thiol groups is 1. The van der Waals surface area contributed by atoms with E-state index in [1.54, 1.807) is 5.51 Å². The molecule has 0 aliphatic carbocycles. The van der Waals surface area contributed by atoms with E-state index in [4.69, 9.17) is 0 Å². The molecule has 2 nitrogen and oxygen atoms in total. The lowest BCUT2D eigenvalue weighted by Crippen LogP contribution is -1.80. The SMILES string of the molecule is [CH2]C(S)c1nncs1. The second-order valence-corrected chi connectivity index (χ2v) is 2.78. The molecule has 0 saturated heterocycles. The van der Waals surface area contributed by atoms with Crippen LogP contribution in [0.25, 0.3) is 0 Å². The van der Waals surface area contributed by atoms with Crippen LogP contribution in [0.4, 0.5) is 0 Å². The van der Waals surface area contributed by atoms with Gasteiger partial charge < -0.3 is 0 Å². The van der Waals surface area contributed by atoms with Crippen molar-refractivity contribution in [2.45, 2.75) is 5.25 Å².